The first-order chi connectivity index (χ1) is 10.1. The van der Waals surface area contributed by atoms with Crippen molar-refractivity contribution >= 4 is 5.97 Å². The van der Waals surface area contributed by atoms with Gasteiger partial charge in [-0.2, -0.15) is 0 Å². The van der Waals surface area contributed by atoms with Gasteiger partial charge in [0.15, 0.2) is 0 Å². The number of ether oxygens (including phenoxy) is 1. The van der Waals surface area contributed by atoms with E-state index in [0.717, 1.165) is 45.3 Å². The average molecular weight is 297 g/mol. The molecule has 1 rings (SSSR count). The maximum atomic E-state index is 12.8. The summed E-state index contributed by atoms with van der Waals surface area (Å²) >= 11 is 0. The molecule has 0 saturated heterocycles. The molecule has 1 atom stereocenters. The molecule has 0 radical (unpaired) electrons. The molecule has 0 aromatic carbocycles. The number of carbonyl (C=O) groups is 1. The van der Waals surface area contributed by atoms with Gasteiger partial charge in [0.25, 0.3) is 0 Å². The van der Waals surface area contributed by atoms with Crippen LogP contribution in [-0.4, -0.2) is 37.1 Å². The fourth-order valence-corrected chi connectivity index (χ4v) is 3.74. The van der Waals surface area contributed by atoms with E-state index in [-0.39, 0.29) is 11.4 Å². The summed E-state index contributed by atoms with van der Waals surface area (Å²) in [4.78, 5) is 15.1. The predicted molar refractivity (Wildman–Crippen MR) is 88.3 cm³/mol. The largest absolute Gasteiger partial charge is 0.464 e. The number of nitrogens with zero attached hydrogens (tertiary/aromatic N) is 1. The van der Waals surface area contributed by atoms with Crippen LogP contribution in [0.1, 0.15) is 72.6 Å². The van der Waals surface area contributed by atoms with Crippen LogP contribution in [0.25, 0.3) is 0 Å². The standard InChI is InChI=1S/C18H35NO2/c1-5-11-16(4)18(12-9-8-10-13-18)17(20)21-15-14-19(6-2)7-3/h16H,5-15H2,1-4H3. The van der Waals surface area contributed by atoms with Crippen molar-refractivity contribution in [2.24, 2.45) is 11.3 Å². The molecule has 0 amide bonds. The molecule has 1 saturated carbocycles. The van der Waals surface area contributed by atoms with E-state index < -0.39 is 0 Å². The monoisotopic (exact) mass is 297 g/mol. The molecule has 1 aliphatic rings. The number of rotatable bonds is 9. The topological polar surface area (TPSA) is 29.5 Å². The summed E-state index contributed by atoms with van der Waals surface area (Å²) in [6, 6.07) is 0. The zero-order chi connectivity index (χ0) is 15.7. The molecule has 0 aromatic heterocycles. The first-order valence-electron chi connectivity index (χ1n) is 9.00. The van der Waals surface area contributed by atoms with Crippen LogP contribution in [-0.2, 0) is 9.53 Å². The summed E-state index contributed by atoms with van der Waals surface area (Å²) < 4.78 is 5.71. The molecular weight excluding hydrogens is 262 g/mol. The molecule has 3 heteroatoms. The molecule has 0 aliphatic heterocycles. The van der Waals surface area contributed by atoms with Crippen LogP contribution < -0.4 is 0 Å². The van der Waals surface area contributed by atoms with Crippen molar-refractivity contribution in [1.82, 2.24) is 4.90 Å². The Morgan fingerprint density at radius 1 is 1.14 bits per heavy atom. The molecule has 0 heterocycles. The number of hydrogen-bond donors (Lipinski definition) is 0. The van der Waals surface area contributed by atoms with E-state index in [0.29, 0.717) is 12.5 Å². The summed E-state index contributed by atoms with van der Waals surface area (Å²) in [5.41, 5.74) is -0.197. The molecular formula is C18H35NO2. The minimum absolute atomic E-state index is 0.0790. The Morgan fingerprint density at radius 2 is 1.76 bits per heavy atom. The Morgan fingerprint density at radius 3 is 2.29 bits per heavy atom. The normalized spacial score (nSPS) is 19.5. The molecule has 3 nitrogen and oxygen atoms in total. The van der Waals surface area contributed by atoms with Crippen LogP contribution in [0.5, 0.6) is 0 Å². The Labute approximate surface area is 131 Å². The van der Waals surface area contributed by atoms with Gasteiger partial charge in [-0.3, -0.25) is 4.79 Å². The van der Waals surface area contributed by atoms with Gasteiger partial charge in [-0.15, -0.1) is 0 Å². The maximum Gasteiger partial charge on any atom is 0.312 e. The lowest BCUT2D eigenvalue weighted by Gasteiger charge is -2.40. The highest BCUT2D eigenvalue weighted by Crippen LogP contribution is 2.45. The van der Waals surface area contributed by atoms with Crippen molar-refractivity contribution < 1.29 is 9.53 Å². The van der Waals surface area contributed by atoms with E-state index in [1.165, 1.54) is 19.3 Å². The van der Waals surface area contributed by atoms with Crippen LogP contribution in [0.4, 0.5) is 0 Å². The predicted octanol–water partition coefficient (Wildman–Crippen LogP) is 4.26. The van der Waals surface area contributed by atoms with Crippen molar-refractivity contribution in [2.75, 3.05) is 26.2 Å². The van der Waals surface area contributed by atoms with E-state index in [1.807, 2.05) is 0 Å². The van der Waals surface area contributed by atoms with Crippen molar-refractivity contribution in [1.29, 1.82) is 0 Å². The second-order valence-corrected chi connectivity index (χ2v) is 6.57. The zero-order valence-corrected chi connectivity index (χ0v) is 14.6. The molecule has 1 fully saturated rings. The van der Waals surface area contributed by atoms with Crippen molar-refractivity contribution in [3.63, 3.8) is 0 Å². The molecule has 1 unspecified atom stereocenters. The van der Waals surface area contributed by atoms with Gasteiger partial charge in [-0.25, -0.2) is 0 Å². The van der Waals surface area contributed by atoms with Crippen molar-refractivity contribution in [3.8, 4) is 0 Å². The summed E-state index contributed by atoms with van der Waals surface area (Å²) in [6.45, 7) is 12.2. The minimum Gasteiger partial charge on any atom is -0.464 e. The second-order valence-electron chi connectivity index (χ2n) is 6.57. The van der Waals surface area contributed by atoms with Gasteiger partial charge in [0.1, 0.15) is 6.61 Å². The van der Waals surface area contributed by atoms with E-state index in [4.69, 9.17) is 4.74 Å². The molecule has 0 spiro atoms. The average Bonchev–Trinajstić information content (AvgIpc) is 2.52. The molecule has 0 bridgehead atoms. The second kappa shape index (κ2) is 9.45. The van der Waals surface area contributed by atoms with Gasteiger partial charge >= 0.3 is 5.97 Å². The third-order valence-corrected chi connectivity index (χ3v) is 5.35. The number of carbonyl (C=O) groups excluding carboxylic acids is 1. The lowest BCUT2D eigenvalue weighted by Crippen LogP contribution is -2.41. The number of likely N-dealkylation sites (N-methyl/N-ethyl adjacent to an activating group) is 1. The van der Waals surface area contributed by atoms with Gasteiger partial charge in [0.05, 0.1) is 5.41 Å². The van der Waals surface area contributed by atoms with E-state index in [2.05, 4.69) is 32.6 Å². The Bertz CT molecular complexity index is 294. The quantitative estimate of drug-likeness (QED) is 0.596. The molecule has 124 valence electrons. The fraction of sp³-hybridized carbons (Fsp3) is 0.944. The van der Waals surface area contributed by atoms with Gasteiger partial charge < -0.3 is 9.64 Å². The van der Waals surface area contributed by atoms with E-state index in [9.17, 15) is 4.79 Å². The Kier molecular flexibility index (Phi) is 8.31. The Hall–Kier alpha value is -0.570. The van der Waals surface area contributed by atoms with Gasteiger partial charge in [0, 0.05) is 6.54 Å². The first kappa shape index (κ1) is 18.5. The van der Waals surface area contributed by atoms with Crippen molar-refractivity contribution in [2.45, 2.75) is 72.6 Å². The SMILES string of the molecule is CCCC(C)C1(C(=O)OCCN(CC)CC)CCCCC1. The van der Waals surface area contributed by atoms with Gasteiger partial charge in [0.2, 0.25) is 0 Å². The number of esters is 1. The summed E-state index contributed by atoms with van der Waals surface area (Å²) in [5.74, 6) is 0.527. The Balaban J connectivity index is 2.59. The van der Waals surface area contributed by atoms with E-state index >= 15 is 0 Å². The molecule has 1 aliphatic carbocycles. The van der Waals surface area contributed by atoms with Crippen LogP contribution in [0.3, 0.4) is 0 Å². The zero-order valence-electron chi connectivity index (χ0n) is 14.6. The number of hydrogen-bond acceptors (Lipinski definition) is 3. The lowest BCUT2D eigenvalue weighted by atomic mass is 9.65. The highest BCUT2D eigenvalue weighted by molar-refractivity contribution is 5.77. The summed E-state index contributed by atoms with van der Waals surface area (Å²) in [5, 5.41) is 0. The highest BCUT2D eigenvalue weighted by atomic mass is 16.5. The highest BCUT2D eigenvalue weighted by Gasteiger charge is 2.44. The summed E-state index contributed by atoms with van der Waals surface area (Å²) in [7, 11) is 0. The van der Waals surface area contributed by atoms with Crippen LogP contribution in [0.15, 0.2) is 0 Å². The molecule has 21 heavy (non-hydrogen) atoms. The molecule has 0 N–H and O–H groups in total. The van der Waals surface area contributed by atoms with Crippen molar-refractivity contribution in [3.05, 3.63) is 0 Å². The molecule has 0 aromatic rings. The summed E-state index contributed by atoms with van der Waals surface area (Å²) in [6.07, 6.45) is 7.96. The third-order valence-electron chi connectivity index (χ3n) is 5.35. The van der Waals surface area contributed by atoms with Crippen LogP contribution in [0, 0.1) is 11.3 Å². The van der Waals surface area contributed by atoms with Crippen LogP contribution >= 0.6 is 0 Å². The smallest absolute Gasteiger partial charge is 0.312 e. The van der Waals surface area contributed by atoms with Gasteiger partial charge in [-0.1, -0.05) is 53.4 Å². The van der Waals surface area contributed by atoms with E-state index in [1.54, 1.807) is 0 Å². The minimum atomic E-state index is -0.197. The maximum absolute atomic E-state index is 12.8. The van der Waals surface area contributed by atoms with Crippen LogP contribution in [0.2, 0.25) is 0 Å². The first-order valence-corrected chi connectivity index (χ1v) is 9.00. The fourth-order valence-electron chi connectivity index (χ4n) is 3.74. The lowest BCUT2D eigenvalue weighted by molar-refractivity contribution is -0.162. The van der Waals surface area contributed by atoms with Gasteiger partial charge in [-0.05, 0) is 38.3 Å². The third kappa shape index (κ3) is 4.98.